The van der Waals surface area contributed by atoms with Crippen LogP contribution in [0, 0.1) is 18.6 Å². The van der Waals surface area contributed by atoms with Crippen molar-refractivity contribution in [3.8, 4) is 22.5 Å². The molecular weight excluding hydrogens is 390 g/mol. The van der Waals surface area contributed by atoms with Crippen molar-refractivity contribution in [2.45, 2.75) is 59.3 Å². The molecule has 2 aromatic heterocycles. The first-order valence-electron chi connectivity index (χ1n) is 10.7. The molecule has 4 heteroatoms. The SMILES string of the molecule is Cc1c(-c2cc(C(C)(C)C)cc[n+]2C)c(F)cc(F)c1-c1cc(C(C)(C)C)cc[n+]1C. The van der Waals surface area contributed by atoms with Crippen molar-refractivity contribution in [3.05, 3.63) is 71.1 Å². The van der Waals surface area contributed by atoms with Crippen molar-refractivity contribution < 1.29 is 17.9 Å². The van der Waals surface area contributed by atoms with Crippen molar-refractivity contribution in [3.63, 3.8) is 0 Å². The lowest BCUT2D eigenvalue weighted by Gasteiger charge is -2.20. The van der Waals surface area contributed by atoms with E-state index < -0.39 is 11.6 Å². The standard InChI is InChI=1S/C27H34F2N2/c1-17-24(22-14-18(26(2,3)4)10-12-30(22)8)20(28)16-21(29)25(17)23-15-19(27(5,6)7)11-13-31(23)9/h10-16H,1-9H3/q+2. The van der Waals surface area contributed by atoms with Gasteiger partial charge in [-0.2, -0.15) is 0 Å². The summed E-state index contributed by atoms with van der Waals surface area (Å²) in [5, 5.41) is 0. The van der Waals surface area contributed by atoms with Crippen LogP contribution in [0.2, 0.25) is 0 Å². The van der Waals surface area contributed by atoms with Gasteiger partial charge in [-0.25, -0.2) is 17.9 Å². The van der Waals surface area contributed by atoms with Crippen LogP contribution in [0.5, 0.6) is 0 Å². The van der Waals surface area contributed by atoms with Gasteiger partial charge in [0, 0.05) is 30.3 Å². The van der Waals surface area contributed by atoms with Crippen molar-refractivity contribution in [2.24, 2.45) is 14.1 Å². The second-order valence-corrected chi connectivity index (χ2v) is 10.5. The third-order valence-electron chi connectivity index (χ3n) is 6.03. The summed E-state index contributed by atoms with van der Waals surface area (Å²) in [6.07, 6.45) is 3.89. The van der Waals surface area contributed by atoms with Gasteiger partial charge in [-0.05, 0) is 34.4 Å². The highest BCUT2D eigenvalue weighted by atomic mass is 19.1. The van der Waals surface area contributed by atoms with Crippen LogP contribution in [-0.4, -0.2) is 0 Å². The molecule has 2 nitrogen and oxygen atoms in total. The van der Waals surface area contributed by atoms with E-state index in [1.165, 1.54) is 0 Å². The fraction of sp³-hybridized carbons (Fsp3) is 0.407. The van der Waals surface area contributed by atoms with Gasteiger partial charge < -0.3 is 0 Å². The van der Waals surface area contributed by atoms with Crippen molar-refractivity contribution in [1.82, 2.24) is 0 Å². The second kappa shape index (κ2) is 7.81. The highest BCUT2D eigenvalue weighted by Gasteiger charge is 2.29. The normalized spacial score (nSPS) is 12.4. The van der Waals surface area contributed by atoms with E-state index in [-0.39, 0.29) is 10.8 Å². The maximum atomic E-state index is 15.2. The third kappa shape index (κ3) is 4.39. The van der Waals surface area contributed by atoms with Crippen LogP contribution in [0.3, 0.4) is 0 Å². The Kier molecular flexibility index (Phi) is 5.81. The molecule has 31 heavy (non-hydrogen) atoms. The van der Waals surface area contributed by atoms with Crippen LogP contribution >= 0.6 is 0 Å². The van der Waals surface area contributed by atoms with E-state index in [0.29, 0.717) is 16.7 Å². The molecule has 2 heterocycles. The van der Waals surface area contributed by atoms with Crippen LogP contribution in [0.15, 0.2) is 42.7 Å². The van der Waals surface area contributed by atoms with Crippen LogP contribution < -0.4 is 9.13 Å². The number of aryl methyl sites for hydroxylation is 2. The molecule has 0 amide bonds. The van der Waals surface area contributed by atoms with Gasteiger partial charge in [0.1, 0.15) is 25.7 Å². The molecule has 0 aliphatic carbocycles. The van der Waals surface area contributed by atoms with Crippen LogP contribution in [0.4, 0.5) is 8.78 Å². The largest absolute Gasteiger partial charge is 0.215 e. The van der Waals surface area contributed by atoms with Crippen LogP contribution in [0.25, 0.3) is 22.5 Å². The highest BCUT2D eigenvalue weighted by Crippen LogP contribution is 2.36. The van der Waals surface area contributed by atoms with Gasteiger partial charge in [0.05, 0.1) is 11.1 Å². The lowest BCUT2D eigenvalue weighted by Crippen LogP contribution is -2.33. The minimum absolute atomic E-state index is 0.0796. The van der Waals surface area contributed by atoms with Gasteiger partial charge in [0.15, 0.2) is 12.4 Å². The smallest absolute Gasteiger partial charge is 0.206 e. The number of halogens is 2. The average Bonchev–Trinajstić information content (AvgIpc) is 2.62. The van der Waals surface area contributed by atoms with Gasteiger partial charge in [-0.3, -0.25) is 0 Å². The summed E-state index contributed by atoms with van der Waals surface area (Å²) in [5.41, 5.74) is 4.99. The molecule has 3 rings (SSSR count). The molecule has 0 fully saturated rings. The monoisotopic (exact) mass is 424 g/mol. The number of rotatable bonds is 2. The van der Waals surface area contributed by atoms with Gasteiger partial charge in [0.2, 0.25) is 11.4 Å². The van der Waals surface area contributed by atoms with E-state index in [0.717, 1.165) is 28.6 Å². The lowest BCUT2D eigenvalue weighted by molar-refractivity contribution is -0.660. The molecule has 0 N–H and O–H groups in total. The molecule has 0 spiro atoms. The Labute approximate surface area is 185 Å². The Morgan fingerprint density at radius 3 is 1.32 bits per heavy atom. The molecule has 0 unspecified atom stereocenters. The minimum atomic E-state index is -0.546. The van der Waals surface area contributed by atoms with Gasteiger partial charge >= 0.3 is 0 Å². The zero-order valence-electron chi connectivity index (χ0n) is 20.2. The molecule has 0 atom stereocenters. The fourth-order valence-corrected chi connectivity index (χ4v) is 3.94. The van der Waals surface area contributed by atoms with Gasteiger partial charge in [-0.1, -0.05) is 41.5 Å². The Morgan fingerprint density at radius 2 is 1.00 bits per heavy atom. The Balaban J connectivity index is 2.34. The molecule has 164 valence electrons. The molecule has 0 saturated heterocycles. The van der Waals surface area contributed by atoms with Gasteiger partial charge in [-0.15, -0.1) is 0 Å². The van der Waals surface area contributed by atoms with E-state index in [4.69, 9.17) is 0 Å². The molecule has 0 radical (unpaired) electrons. The number of hydrogen-bond acceptors (Lipinski definition) is 0. The first-order valence-corrected chi connectivity index (χ1v) is 10.7. The maximum absolute atomic E-state index is 15.2. The first-order chi connectivity index (χ1) is 14.2. The summed E-state index contributed by atoms with van der Waals surface area (Å²) in [6, 6.07) is 9.14. The van der Waals surface area contributed by atoms with Gasteiger partial charge in [0.25, 0.3) is 0 Å². The number of hydrogen-bond donors (Lipinski definition) is 0. The number of aromatic nitrogens is 2. The van der Waals surface area contributed by atoms with E-state index in [2.05, 4.69) is 41.5 Å². The summed E-state index contributed by atoms with van der Waals surface area (Å²) < 4.78 is 34.2. The topological polar surface area (TPSA) is 7.76 Å². The van der Waals surface area contributed by atoms with Crippen molar-refractivity contribution >= 4 is 0 Å². The molecule has 1 aromatic carbocycles. The number of benzene rings is 1. The molecule has 0 aliphatic heterocycles. The van der Waals surface area contributed by atoms with E-state index in [1.54, 1.807) is 0 Å². The van der Waals surface area contributed by atoms with Crippen molar-refractivity contribution in [2.75, 3.05) is 0 Å². The lowest BCUT2D eigenvalue weighted by atomic mass is 9.85. The Hall–Kier alpha value is -2.62. The predicted octanol–water partition coefficient (Wildman–Crippen LogP) is 5.85. The zero-order valence-corrected chi connectivity index (χ0v) is 20.2. The predicted molar refractivity (Wildman–Crippen MR) is 122 cm³/mol. The van der Waals surface area contributed by atoms with E-state index in [1.807, 2.05) is 66.8 Å². The summed E-state index contributed by atoms with van der Waals surface area (Å²) in [6.45, 7) is 14.6. The van der Waals surface area contributed by atoms with Crippen molar-refractivity contribution in [1.29, 1.82) is 0 Å². The number of nitrogens with zero attached hydrogens (tertiary/aromatic N) is 2. The average molecular weight is 425 g/mol. The highest BCUT2D eigenvalue weighted by molar-refractivity contribution is 5.74. The molecule has 0 saturated carbocycles. The van der Waals surface area contributed by atoms with Crippen LogP contribution in [0.1, 0.15) is 58.2 Å². The summed E-state index contributed by atoms with van der Waals surface area (Å²) in [4.78, 5) is 0. The molecule has 0 bridgehead atoms. The summed E-state index contributed by atoms with van der Waals surface area (Å²) in [5.74, 6) is -1.09. The van der Waals surface area contributed by atoms with Crippen LogP contribution in [-0.2, 0) is 24.9 Å². The molecule has 0 aliphatic rings. The molecule has 3 aromatic rings. The Morgan fingerprint density at radius 1 is 0.645 bits per heavy atom. The second-order valence-electron chi connectivity index (χ2n) is 10.5. The quantitative estimate of drug-likeness (QED) is 0.456. The van der Waals surface area contributed by atoms with E-state index in [9.17, 15) is 0 Å². The number of pyridine rings is 2. The first kappa shape index (κ1) is 23.1. The minimum Gasteiger partial charge on any atom is -0.206 e. The third-order valence-corrected chi connectivity index (χ3v) is 6.03. The zero-order chi connectivity index (χ0) is 23.3. The summed E-state index contributed by atoms with van der Waals surface area (Å²) in [7, 11) is 3.79. The summed E-state index contributed by atoms with van der Waals surface area (Å²) >= 11 is 0. The fourth-order valence-electron chi connectivity index (χ4n) is 3.94. The van der Waals surface area contributed by atoms with E-state index >= 15 is 8.78 Å². The molecular formula is C27H34F2N2+2. The Bertz CT molecular complexity index is 1060. The maximum Gasteiger partial charge on any atom is 0.215 e.